The van der Waals surface area contributed by atoms with E-state index in [1.165, 1.54) is 0 Å². The monoisotopic (exact) mass is 306 g/mol. The van der Waals surface area contributed by atoms with E-state index in [2.05, 4.69) is 10.1 Å². The molecular formula is C18H18N4O. The molecule has 5 nitrogen and oxygen atoms in total. The van der Waals surface area contributed by atoms with Gasteiger partial charge in [0.05, 0.1) is 12.2 Å². The standard InChI is InChI=1S/C18H18N4O/c1-13-10-20-22(11-13)15-7-9-21(12-15)18(23)17-16-5-3-2-4-14(16)6-8-19-17/h2-6,8,10-11,15H,7,9,12H2,1H3. The molecule has 5 heteroatoms. The van der Waals surface area contributed by atoms with Gasteiger partial charge in [-0.05, 0) is 30.4 Å². The number of aryl methyl sites for hydroxylation is 1. The molecule has 0 N–H and O–H groups in total. The molecule has 0 saturated carbocycles. The van der Waals surface area contributed by atoms with E-state index in [0.717, 1.165) is 29.3 Å². The summed E-state index contributed by atoms with van der Waals surface area (Å²) in [6, 6.07) is 10.1. The molecule has 0 bridgehead atoms. The van der Waals surface area contributed by atoms with Crippen LogP contribution in [-0.2, 0) is 0 Å². The second-order valence-corrected chi connectivity index (χ2v) is 6.07. The van der Waals surface area contributed by atoms with Crippen molar-refractivity contribution in [2.75, 3.05) is 13.1 Å². The Morgan fingerprint density at radius 3 is 2.96 bits per heavy atom. The van der Waals surface area contributed by atoms with Crippen molar-refractivity contribution in [2.45, 2.75) is 19.4 Å². The molecule has 3 aromatic rings. The molecule has 1 saturated heterocycles. The van der Waals surface area contributed by atoms with Crippen LogP contribution in [0.25, 0.3) is 10.8 Å². The van der Waals surface area contributed by atoms with Crippen LogP contribution in [0.3, 0.4) is 0 Å². The first-order chi connectivity index (χ1) is 11.2. The fourth-order valence-electron chi connectivity index (χ4n) is 3.21. The van der Waals surface area contributed by atoms with Crippen molar-refractivity contribution in [1.29, 1.82) is 0 Å². The lowest BCUT2D eigenvalue weighted by Crippen LogP contribution is -2.30. The summed E-state index contributed by atoms with van der Waals surface area (Å²) >= 11 is 0. The molecule has 23 heavy (non-hydrogen) atoms. The lowest BCUT2D eigenvalue weighted by Gasteiger charge is -2.17. The van der Waals surface area contributed by atoms with E-state index in [-0.39, 0.29) is 11.9 Å². The van der Waals surface area contributed by atoms with Crippen LogP contribution in [0, 0.1) is 6.92 Å². The molecule has 1 amide bonds. The van der Waals surface area contributed by atoms with E-state index in [1.54, 1.807) is 6.20 Å². The summed E-state index contributed by atoms with van der Waals surface area (Å²) in [4.78, 5) is 19.1. The molecular weight excluding hydrogens is 288 g/mol. The number of benzene rings is 1. The molecule has 1 unspecified atom stereocenters. The third-order valence-electron chi connectivity index (χ3n) is 4.43. The highest BCUT2D eigenvalue weighted by Crippen LogP contribution is 2.24. The second kappa shape index (κ2) is 5.50. The summed E-state index contributed by atoms with van der Waals surface area (Å²) in [6.07, 6.45) is 6.53. The van der Waals surface area contributed by atoms with Gasteiger partial charge in [0.25, 0.3) is 5.91 Å². The van der Waals surface area contributed by atoms with Crippen molar-refractivity contribution in [3.63, 3.8) is 0 Å². The maximum Gasteiger partial charge on any atom is 0.273 e. The van der Waals surface area contributed by atoms with Crippen LogP contribution in [0.1, 0.15) is 28.5 Å². The number of amides is 1. The molecule has 1 aliphatic rings. The Morgan fingerprint density at radius 1 is 1.26 bits per heavy atom. The average molecular weight is 306 g/mol. The van der Waals surface area contributed by atoms with Crippen molar-refractivity contribution in [3.05, 3.63) is 60.2 Å². The van der Waals surface area contributed by atoms with E-state index >= 15 is 0 Å². The lowest BCUT2D eigenvalue weighted by atomic mass is 10.1. The minimum Gasteiger partial charge on any atom is -0.335 e. The van der Waals surface area contributed by atoms with E-state index in [4.69, 9.17) is 0 Å². The highest BCUT2D eigenvalue weighted by Gasteiger charge is 2.29. The first-order valence-electron chi connectivity index (χ1n) is 7.86. The van der Waals surface area contributed by atoms with Crippen LogP contribution >= 0.6 is 0 Å². The third-order valence-corrected chi connectivity index (χ3v) is 4.43. The van der Waals surface area contributed by atoms with Gasteiger partial charge in [0.1, 0.15) is 5.69 Å². The van der Waals surface area contributed by atoms with Gasteiger partial charge in [0.15, 0.2) is 0 Å². The van der Waals surface area contributed by atoms with Gasteiger partial charge in [0.2, 0.25) is 0 Å². The first-order valence-corrected chi connectivity index (χ1v) is 7.86. The molecule has 0 radical (unpaired) electrons. The largest absolute Gasteiger partial charge is 0.335 e. The highest BCUT2D eigenvalue weighted by atomic mass is 16.2. The van der Waals surface area contributed by atoms with Crippen molar-refractivity contribution in [1.82, 2.24) is 19.7 Å². The zero-order valence-corrected chi connectivity index (χ0v) is 13.0. The van der Waals surface area contributed by atoms with Crippen molar-refractivity contribution < 1.29 is 4.79 Å². The van der Waals surface area contributed by atoms with Gasteiger partial charge in [-0.1, -0.05) is 24.3 Å². The predicted molar refractivity (Wildman–Crippen MR) is 88.3 cm³/mol. The Bertz CT molecular complexity index is 865. The number of pyridine rings is 1. The van der Waals surface area contributed by atoms with Crippen LogP contribution in [0.15, 0.2) is 48.9 Å². The second-order valence-electron chi connectivity index (χ2n) is 6.07. The van der Waals surface area contributed by atoms with Crippen LogP contribution in [0.2, 0.25) is 0 Å². The minimum atomic E-state index is 0.00757. The average Bonchev–Trinajstić information content (AvgIpc) is 3.22. The molecule has 1 atom stereocenters. The van der Waals surface area contributed by atoms with Crippen molar-refractivity contribution in [2.24, 2.45) is 0 Å². The topological polar surface area (TPSA) is 51.0 Å². The van der Waals surface area contributed by atoms with E-state index in [9.17, 15) is 4.79 Å². The zero-order valence-electron chi connectivity index (χ0n) is 13.0. The summed E-state index contributed by atoms with van der Waals surface area (Å²) in [7, 11) is 0. The number of rotatable bonds is 2. The van der Waals surface area contributed by atoms with Crippen LogP contribution in [0.5, 0.6) is 0 Å². The predicted octanol–water partition coefficient (Wildman–Crippen LogP) is 2.83. The fraction of sp³-hybridized carbons (Fsp3) is 0.278. The molecule has 4 rings (SSSR count). The Labute approximate surface area is 134 Å². The number of hydrogen-bond acceptors (Lipinski definition) is 3. The SMILES string of the molecule is Cc1cnn(C2CCN(C(=O)c3nccc4ccccc34)C2)c1. The number of carbonyl (C=O) groups is 1. The highest BCUT2D eigenvalue weighted by molar-refractivity contribution is 6.05. The molecule has 1 fully saturated rings. The fourth-order valence-corrected chi connectivity index (χ4v) is 3.21. The van der Waals surface area contributed by atoms with Crippen LogP contribution < -0.4 is 0 Å². The van der Waals surface area contributed by atoms with Gasteiger partial charge in [-0.15, -0.1) is 0 Å². The number of hydrogen-bond donors (Lipinski definition) is 0. The Balaban J connectivity index is 1.60. The smallest absolute Gasteiger partial charge is 0.273 e. The molecule has 0 spiro atoms. The van der Waals surface area contributed by atoms with Gasteiger partial charge in [0, 0.05) is 30.9 Å². The van der Waals surface area contributed by atoms with Gasteiger partial charge < -0.3 is 4.90 Å². The summed E-state index contributed by atoms with van der Waals surface area (Å²) in [5.74, 6) is 0.00757. The Kier molecular flexibility index (Phi) is 3.33. The van der Waals surface area contributed by atoms with E-state index in [0.29, 0.717) is 12.2 Å². The normalized spacial score (nSPS) is 17.8. The quantitative estimate of drug-likeness (QED) is 0.731. The van der Waals surface area contributed by atoms with E-state index in [1.807, 2.05) is 59.2 Å². The summed E-state index contributed by atoms with van der Waals surface area (Å²) in [5, 5.41) is 6.34. The van der Waals surface area contributed by atoms with Crippen LogP contribution in [-0.4, -0.2) is 38.7 Å². The third kappa shape index (κ3) is 2.48. The van der Waals surface area contributed by atoms with Gasteiger partial charge in [-0.3, -0.25) is 14.5 Å². The van der Waals surface area contributed by atoms with Gasteiger partial charge in [-0.25, -0.2) is 0 Å². The Hall–Kier alpha value is -2.69. The number of aromatic nitrogens is 3. The number of carbonyl (C=O) groups excluding carboxylic acids is 1. The molecule has 1 aromatic carbocycles. The maximum absolute atomic E-state index is 12.9. The molecule has 116 valence electrons. The number of nitrogens with zero attached hydrogens (tertiary/aromatic N) is 4. The lowest BCUT2D eigenvalue weighted by molar-refractivity contribution is 0.0783. The van der Waals surface area contributed by atoms with Crippen molar-refractivity contribution in [3.8, 4) is 0 Å². The molecule has 3 heterocycles. The minimum absolute atomic E-state index is 0.00757. The molecule has 2 aromatic heterocycles. The van der Waals surface area contributed by atoms with Crippen LogP contribution in [0.4, 0.5) is 0 Å². The maximum atomic E-state index is 12.9. The zero-order chi connectivity index (χ0) is 15.8. The Morgan fingerprint density at radius 2 is 2.13 bits per heavy atom. The number of likely N-dealkylation sites (tertiary alicyclic amines) is 1. The van der Waals surface area contributed by atoms with E-state index < -0.39 is 0 Å². The summed E-state index contributed by atoms with van der Waals surface area (Å²) < 4.78 is 1.97. The van der Waals surface area contributed by atoms with Gasteiger partial charge >= 0.3 is 0 Å². The molecule has 0 aliphatic carbocycles. The summed E-state index contributed by atoms with van der Waals surface area (Å²) in [6.45, 7) is 3.46. The first kappa shape index (κ1) is 13.9. The molecule has 1 aliphatic heterocycles. The van der Waals surface area contributed by atoms with Crippen molar-refractivity contribution >= 4 is 16.7 Å². The van der Waals surface area contributed by atoms with Gasteiger partial charge in [-0.2, -0.15) is 5.10 Å². The number of fused-ring (bicyclic) bond motifs is 1. The summed E-state index contributed by atoms with van der Waals surface area (Å²) in [5.41, 5.74) is 1.69.